The first kappa shape index (κ1) is 20.2. The van der Waals surface area contributed by atoms with Crippen LogP contribution in [0.5, 0.6) is 0 Å². The Bertz CT molecular complexity index is 649. The number of hydrogen-bond donors (Lipinski definition) is 1. The summed E-state index contributed by atoms with van der Waals surface area (Å²) in [5, 5.41) is 2.64. The molecule has 26 heavy (non-hydrogen) atoms. The van der Waals surface area contributed by atoms with Crippen molar-refractivity contribution in [2.24, 2.45) is 0 Å². The van der Waals surface area contributed by atoms with E-state index in [-0.39, 0.29) is 24.7 Å². The van der Waals surface area contributed by atoms with E-state index in [0.717, 1.165) is 12.1 Å². The van der Waals surface area contributed by atoms with Gasteiger partial charge in [-0.3, -0.25) is 9.59 Å². The molecule has 1 aromatic rings. The van der Waals surface area contributed by atoms with Gasteiger partial charge < -0.3 is 19.7 Å². The highest BCUT2D eigenvalue weighted by Crippen LogP contribution is 2.29. The van der Waals surface area contributed by atoms with Crippen LogP contribution in [0.2, 0.25) is 0 Å². The molecule has 0 spiro atoms. The lowest BCUT2D eigenvalue weighted by atomic mass is 10.0. The molecule has 2 rings (SSSR count). The fraction of sp³-hybridized carbons (Fsp3) is 0.529. The minimum atomic E-state index is -4.53. The van der Waals surface area contributed by atoms with Crippen LogP contribution < -0.4 is 5.32 Å². The minimum absolute atomic E-state index is 0.103. The van der Waals surface area contributed by atoms with Gasteiger partial charge in [0.25, 0.3) is 5.91 Å². The van der Waals surface area contributed by atoms with Gasteiger partial charge in [0, 0.05) is 26.3 Å². The summed E-state index contributed by atoms with van der Waals surface area (Å²) in [6.07, 6.45) is -4.51. The molecule has 144 valence electrons. The van der Waals surface area contributed by atoms with E-state index in [4.69, 9.17) is 9.47 Å². The number of carbonyl (C=O) groups is 2. The second-order valence-electron chi connectivity index (χ2n) is 6.16. The van der Waals surface area contributed by atoms with Gasteiger partial charge in [-0.15, -0.1) is 0 Å². The molecule has 2 amide bonds. The molecule has 9 heteroatoms. The summed E-state index contributed by atoms with van der Waals surface area (Å²) < 4.78 is 49.2. The van der Waals surface area contributed by atoms with Crippen molar-refractivity contribution < 1.29 is 32.2 Å². The Kier molecular flexibility index (Phi) is 6.60. The van der Waals surface area contributed by atoms with Gasteiger partial charge in [0.15, 0.2) is 0 Å². The fourth-order valence-electron chi connectivity index (χ4n) is 2.45. The highest BCUT2D eigenvalue weighted by molar-refractivity contribution is 5.94. The largest absolute Gasteiger partial charge is 0.416 e. The van der Waals surface area contributed by atoms with E-state index in [2.05, 4.69) is 5.32 Å². The summed E-state index contributed by atoms with van der Waals surface area (Å²) in [6.45, 7) is 0.426. The standard InChI is InChI=1S/C17H21F3N2O4/c1-22(2)15(23)10-26-14-6-7-25-9-13(14)21-16(24)11-4-3-5-12(8-11)17(18,19)20/h3-5,8,13-14H,6-7,9-10H2,1-2H3,(H,21,24)/t13-,14+/m1/s1. The zero-order chi connectivity index (χ0) is 19.3. The maximum Gasteiger partial charge on any atom is 0.416 e. The molecule has 1 N–H and O–H groups in total. The molecule has 1 aliphatic heterocycles. The number of amides is 2. The first-order valence-electron chi connectivity index (χ1n) is 8.06. The number of carbonyl (C=O) groups excluding carboxylic acids is 2. The van der Waals surface area contributed by atoms with Gasteiger partial charge >= 0.3 is 6.18 Å². The average Bonchev–Trinajstić information content (AvgIpc) is 2.60. The molecule has 2 atom stereocenters. The maximum atomic E-state index is 12.8. The second kappa shape index (κ2) is 8.50. The van der Waals surface area contributed by atoms with E-state index >= 15 is 0 Å². The van der Waals surface area contributed by atoms with Crippen LogP contribution in [-0.2, 0) is 20.4 Å². The molecule has 1 saturated heterocycles. The van der Waals surface area contributed by atoms with Crippen molar-refractivity contribution in [3.05, 3.63) is 35.4 Å². The van der Waals surface area contributed by atoms with Crippen LogP contribution in [0.25, 0.3) is 0 Å². The molecular formula is C17H21F3N2O4. The molecule has 0 aliphatic carbocycles. The first-order valence-corrected chi connectivity index (χ1v) is 8.06. The van der Waals surface area contributed by atoms with E-state index in [0.29, 0.717) is 13.0 Å². The highest BCUT2D eigenvalue weighted by Gasteiger charge is 2.32. The van der Waals surface area contributed by atoms with Crippen molar-refractivity contribution in [2.45, 2.75) is 24.7 Å². The summed E-state index contributed by atoms with van der Waals surface area (Å²) in [4.78, 5) is 25.3. The SMILES string of the molecule is CN(C)C(=O)CO[C@H]1CCOC[C@H]1NC(=O)c1cccc(C(F)(F)F)c1. The van der Waals surface area contributed by atoms with Crippen LogP contribution in [0, 0.1) is 0 Å². The number of benzene rings is 1. The summed E-state index contributed by atoms with van der Waals surface area (Å²) in [5.74, 6) is -0.876. The fourth-order valence-corrected chi connectivity index (χ4v) is 2.45. The number of alkyl halides is 3. The van der Waals surface area contributed by atoms with Crippen LogP contribution in [0.1, 0.15) is 22.3 Å². The molecule has 6 nitrogen and oxygen atoms in total. The molecule has 1 aliphatic rings. The minimum Gasteiger partial charge on any atom is -0.379 e. The van der Waals surface area contributed by atoms with Gasteiger partial charge in [0.05, 0.1) is 24.3 Å². The van der Waals surface area contributed by atoms with Crippen LogP contribution in [-0.4, -0.2) is 62.8 Å². The van der Waals surface area contributed by atoms with E-state index in [1.54, 1.807) is 14.1 Å². The maximum absolute atomic E-state index is 12.8. The zero-order valence-corrected chi connectivity index (χ0v) is 14.5. The van der Waals surface area contributed by atoms with Crippen molar-refractivity contribution >= 4 is 11.8 Å². The number of ether oxygens (including phenoxy) is 2. The molecule has 1 fully saturated rings. The Labute approximate surface area is 149 Å². The number of nitrogens with zero attached hydrogens (tertiary/aromatic N) is 1. The molecule has 0 bridgehead atoms. The summed E-state index contributed by atoms with van der Waals surface area (Å²) >= 11 is 0. The van der Waals surface area contributed by atoms with Crippen molar-refractivity contribution in [1.29, 1.82) is 0 Å². The summed E-state index contributed by atoms with van der Waals surface area (Å²) in [7, 11) is 3.20. The average molecular weight is 374 g/mol. The second-order valence-corrected chi connectivity index (χ2v) is 6.16. The smallest absolute Gasteiger partial charge is 0.379 e. The normalized spacial score (nSPS) is 20.5. The van der Waals surface area contributed by atoms with Crippen molar-refractivity contribution in [3.63, 3.8) is 0 Å². The molecule has 0 saturated carbocycles. The summed E-state index contributed by atoms with van der Waals surface area (Å²) in [6, 6.07) is 3.63. The zero-order valence-electron chi connectivity index (χ0n) is 14.5. The Morgan fingerprint density at radius 1 is 1.35 bits per heavy atom. The van der Waals surface area contributed by atoms with Gasteiger partial charge in [-0.2, -0.15) is 13.2 Å². The lowest BCUT2D eigenvalue weighted by molar-refractivity contribution is -0.139. The van der Waals surface area contributed by atoms with Crippen LogP contribution in [0.4, 0.5) is 13.2 Å². The molecule has 1 heterocycles. The molecule has 0 radical (unpaired) electrons. The van der Waals surface area contributed by atoms with Gasteiger partial charge in [-0.05, 0) is 24.6 Å². The van der Waals surface area contributed by atoms with E-state index in [9.17, 15) is 22.8 Å². The van der Waals surface area contributed by atoms with E-state index in [1.807, 2.05) is 0 Å². The van der Waals surface area contributed by atoms with Gasteiger partial charge in [0.1, 0.15) is 6.61 Å². The quantitative estimate of drug-likeness (QED) is 0.852. The Balaban J connectivity index is 2.02. The Hall–Kier alpha value is -2.13. The molecular weight excluding hydrogens is 353 g/mol. The third kappa shape index (κ3) is 5.43. The van der Waals surface area contributed by atoms with Crippen LogP contribution >= 0.6 is 0 Å². The monoisotopic (exact) mass is 374 g/mol. The van der Waals surface area contributed by atoms with Crippen molar-refractivity contribution in [1.82, 2.24) is 10.2 Å². The van der Waals surface area contributed by atoms with E-state index in [1.165, 1.54) is 17.0 Å². The van der Waals surface area contributed by atoms with Crippen molar-refractivity contribution in [2.75, 3.05) is 33.9 Å². The Morgan fingerprint density at radius 3 is 2.73 bits per heavy atom. The van der Waals surface area contributed by atoms with Crippen LogP contribution in [0.15, 0.2) is 24.3 Å². The molecule has 0 unspecified atom stereocenters. The van der Waals surface area contributed by atoms with E-state index < -0.39 is 29.8 Å². The van der Waals surface area contributed by atoms with Crippen molar-refractivity contribution in [3.8, 4) is 0 Å². The first-order chi connectivity index (χ1) is 12.2. The lowest BCUT2D eigenvalue weighted by Crippen LogP contribution is -2.51. The number of likely N-dealkylation sites (N-methyl/N-ethyl adjacent to an activating group) is 1. The third-order valence-electron chi connectivity index (χ3n) is 3.98. The third-order valence-corrected chi connectivity index (χ3v) is 3.98. The van der Waals surface area contributed by atoms with Gasteiger partial charge in [-0.25, -0.2) is 0 Å². The predicted octanol–water partition coefficient (Wildman–Crippen LogP) is 1.70. The predicted molar refractivity (Wildman–Crippen MR) is 86.6 cm³/mol. The van der Waals surface area contributed by atoms with Crippen LogP contribution in [0.3, 0.4) is 0 Å². The highest BCUT2D eigenvalue weighted by atomic mass is 19.4. The van der Waals surface area contributed by atoms with Gasteiger partial charge in [0.2, 0.25) is 5.91 Å². The Morgan fingerprint density at radius 2 is 2.08 bits per heavy atom. The van der Waals surface area contributed by atoms with Gasteiger partial charge in [-0.1, -0.05) is 6.07 Å². The molecule has 0 aromatic heterocycles. The number of halogens is 3. The lowest BCUT2D eigenvalue weighted by Gasteiger charge is -2.32. The number of nitrogens with one attached hydrogen (secondary N) is 1. The topological polar surface area (TPSA) is 67.9 Å². The number of hydrogen-bond acceptors (Lipinski definition) is 4. The molecule has 1 aromatic carbocycles. The summed E-state index contributed by atoms with van der Waals surface area (Å²) in [5.41, 5.74) is -0.997. The number of rotatable bonds is 5.